The molecule has 0 radical (unpaired) electrons. The number of nitrogens with one attached hydrogen (secondary N) is 1. The van der Waals surface area contributed by atoms with Crippen molar-refractivity contribution < 1.29 is 0 Å². The predicted molar refractivity (Wildman–Crippen MR) is 88.1 cm³/mol. The number of nitrogens with zero attached hydrogens (tertiary/aromatic N) is 2. The van der Waals surface area contributed by atoms with Crippen LogP contribution in [0.2, 0.25) is 0 Å². The van der Waals surface area contributed by atoms with E-state index in [0.29, 0.717) is 0 Å². The number of anilines is 2. The van der Waals surface area contributed by atoms with Gasteiger partial charge in [-0.1, -0.05) is 24.6 Å². The molecule has 0 aliphatic rings. The molecule has 108 valence electrons. The molecule has 1 aromatic heterocycles. The Bertz CT molecular complexity index is 563. The van der Waals surface area contributed by atoms with Gasteiger partial charge in [0.2, 0.25) is 0 Å². The highest BCUT2D eigenvalue weighted by molar-refractivity contribution is 7.13. The summed E-state index contributed by atoms with van der Waals surface area (Å²) in [4.78, 5) is 6.87. The lowest BCUT2D eigenvalue weighted by Crippen LogP contribution is -2.15. The Morgan fingerprint density at radius 1 is 1.30 bits per heavy atom. The molecule has 1 aromatic carbocycles. The third-order valence-electron chi connectivity index (χ3n) is 3.27. The minimum atomic E-state index is 0.852. The highest BCUT2D eigenvalue weighted by Gasteiger charge is 2.11. The minimum Gasteiger partial charge on any atom is -0.321 e. The first kappa shape index (κ1) is 15.0. The molecule has 0 unspecified atom stereocenters. The molecule has 0 fully saturated rings. The molecule has 0 aliphatic heterocycles. The average molecular weight is 289 g/mol. The van der Waals surface area contributed by atoms with Crippen molar-refractivity contribution in [1.29, 1.82) is 0 Å². The Balaban J connectivity index is 2.10. The maximum atomic E-state index is 4.70. The second kappa shape index (κ2) is 6.86. The van der Waals surface area contributed by atoms with Gasteiger partial charge in [-0.2, -0.15) is 0 Å². The number of hydrogen-bond acceptors (Lipinski definition) is 4. The number of hydrogen-bond donors (Lipinski definition) is 1. The first-order chi connectivity index (χ1) is 9.61. The number of aryl methyl sites for hydroxylation is 2. The van der Waals surface area contributed by atoms with E-state index in [1.807, 2.05) is 0 Å². The fraction of sp³-hybridized carbons (Fsp3) is 0.438. The van der Waals surface area contributed by atoms with Crippen LogP contribution in [-0.4, -0.2) is 18.6 Å². The summed E-state index contributed by atoms with van der Waals surface area (Å²) in [6, 6.07) is 6.53. The summed E-state index contributed by atoms with van der Waals surface area (Å²) in [6.45, 7) is 8.34. The molecule has 4 heteroatoms. The van der Waals surface area contributed by atoms with Crippen molar-refractivity contribution in [2.75, 3.05) is 18.5 Å². The van der Waals surface area contributed by atoms with Crippen molar-refractivity contribution in [2.45, 2.75) is 33.7 Å². The van der Waals surface area contributed by atoms with E-state index in [1.165, 1.54) is 16.8 Å². The lowest BCUT2D eigenvalue weighted by atomic mass is 10.1. The summed E-state index contributed by atoms with van der Waals surface area (Å²) < 4.78 is 0. The van der Waals surface area contributed by atoms with Gasteiger partial charge in [0.05, 0.1) is 5.69 Å². The fourth-order valence-electron chi connectivity index (χ4n) is 2.21. The van der Waals surface area contributed by atoms with Crippen molar-refractivity contribution >= 4 is 22.2 Å². The smallest absolute Gasteiger partial charge is 0.189 e. The molecule has 0 atom stereocenters. The van der Waals surface area contributed by atoms with Gasteiger partial charge in [-0.3, -0.25) is 0 Å². The van der Waals surface area contributed by atoms with Crippen LogP contribution in [0.1, 0.15) is 30.2 Å². The second-order valence-corrected chi connectivity index (χ2v) is 5.98. The van der Waals surface area contributed by atoms with Crippen molar-refractivity contribution in [3.05, 3.63) is 40.4 Å². The van der Waals surface area contributed by atoms with Crippen LogP contribution in [0, 0.1) is 13.8 Å². The summed E-state index contributed by atoms with van der Waals surface area (Å²) in [5.41, 5.74) is 4.92. The minimum absolute atomic E-state index is 0.852. The molecule has 2 rings (SSSR count). The lowest BCUT2D eigenvalue weighted by molar-refractivity contribution is 0.667. The van der Waals surface area contributed by atoms with Gasteiger partial charge in [0.1, 0.15) is 0 Å². The summed E-state index contributed by atoms with van der Waals surface area (Å²) >= 11 is 1.70. The molecule has 0 amide bonds. The molecule has 20 heavy (non-hydrogen) atoms. The second-order valence-electron chi connectivity index (χ2n) is 5.15. The third kappa shape index (κ3) is 3.58. The normalized spacial score (nSPS) is 10.8. The zero-order valence-electron chi connectivity index (χ0n) is 12.7. The van der Waals surface area contributed by atoms with E-state index in [4.69, 9.17) is 4.98 Å². The zero-order valence-corrected chi connectivity index (χ0v) is 13.5. The topological polar surface area (TPSA) is 28.2 Å². The summed E-state index contributed by atoms with van der Waals surface area (Å²) in [7, 11) is 2.08. The van der Waals surface area contributed by atoms with Gasteiger partial charge in [0.25, 0.3) is 0 Å². The highest BCUT2D eigenvalue weighted by atomic mass is 32.1. The van der Waals surface area contributed by atoms with Gasteiger partial charge >= 0.3 is 0 Å². The monoisotopic (exact) mass is 289 g/mol. The fourth-order valence-corrected chi connectivity index (χ4v) is 3.01. The van der Waals surface area contributed by atoms with Gasteiger partial charge in [-0.05, 0) is 38.4 Å². The number of rotatable bonds is 6. The van der Waals surface area contributed by atoms with Gasteiger partial charge in [-0.15, -0.1) is 11.3 Å². The van der Waals surface area contributed by atoms with E-state index >= 15 is 0 Å². The summed E-state index contributed by atoms with van der Waals surface area (Å²) in [5, 5.41) is 6.57. The SMILES string of the molecule is CCCNCc1csc(N(C)c2ccc(C)cc2C)n1. The maximum absolute atomic E-state index is 4.70. The van der Waals surface area contributed by atoms with Gasteiger partial charge in [0.15, 0.2) is 5.13 Å². The number of benzene rings is 1. The van der Waals surface area contributed by atoms with E-state index in [9.17, 15) is 0 Å². The molecule has 3 nitrogen and oxygen atoms in total. The lowest BCUT2D eigenvalue weighted by Gasteiger charge is -2.18. The highest BCUT2D eigenvalue weighted by Crippen LogP contribution is 2.29. The molecular weight excluding hydrogens is 266 g/mol. The number of thiazole rings is 1. The molecule has 1 heterocycles. The van der Waals surface area contributed by atoms with Crippen LogP contribution in [0.5, 0.6) is 0 Å². The average Bonchev–Trinajstić information content (AvgIpc) is 2.87. The van der Waals surface area contributed by atoms with Crippen LogP contribution < -0.4 is 10.2 Å². The van der Waals surface area contributed by atoms with Crippen LogP contribution in [0.4, 0.5) is 10.8 Å². The molecule has 1 N–H and O–H groups in total. The molecule has 2 aromatic rings. The Labute approximate surface area is 125 Å². The third-order valence-corrected chi connectivity index (χ3v) is 4.24. The molecular formula is C16H23N3S. The van der Waals surface area contributed by atoms with Crippen LogP contribution in [-0.2, 0) is 6.54 Å². The standard InChI is InChI=1S/C16H23N3S/c1-5-8-17-10-14-11-20-16(18-14)19(4)15-7-6-12(2)9-13(15)3/h6-7,9,11,17H,5,8,10H2,1-4H3. The summed E-state index contributed by atoms with van der Waals surface area (Å²) in [5.74, 6) is 0. The van der Waals surface area contributed by atoms with Crippen LogP contribution >= 0.6 is 11.3 Å². The Hall–Kier alpha value is -1.39. The molecule has 0 saturated heterocycles. The van der Waals surface area contributed by atoms with Crippen LogP contribution in [0.15, 0.2) is 23.6 Å². The zero-order chi connectivity index (χ0) is 14.5. The van der Waals surface area contributed by atoms with Crippen LogP contribution in [0.25, 0.3) is 0 Å². The first-order valence-electron chi connectivity index (χ1n) is 7.08. The molecule has 0 aliphatic carbocycles. The van der Waals surface area contributed by atoms with Crippen molar-refractivity contribution in [2.24, 2.45) is 0 Å². The van der Waals surface area contributed by atoms with Crippen molar-refractivity contribution in [3.8, 4) is 0 Å². The quantitative estimate of drug-likeness (QED) is 0.814. The van der Waals surface area contributed by atoms with Crippen LogP contribution in [0.3, 0.4) is 0 Å². The van der Waals surface area contributed by atoms with E-state index in [1.54, 1.807) is 11.3 Å². The Morgan fingerprint density at radius 3 is 2.80 bits per heavy atom. The largest absolute Gasteiger partial charge is 0.321 e. The molecule has 0 bridgehead atoms. The van der Waals surface area contributed by atoms with Gasteiger partial charge in [0, 0.05) is 24.7 Å². The molecule has 0 spiro atoms. The first-order valence-corrected chi connectivity index (χ1v) is 7.96. The molecule has 0 saturated carbocycles. The van der Waals surface area contributed by atoms with E-state index in [-0.39, 0.29) is 0 Å². The maximum Gasteiger partial charge on any atom is 0.189 e. The van der Waals surface area contributed by atoms with E-state index in [0.717, 1.165) is 30.3 Å². The Morgan fingerprint density at radius 2 is 2.10 bits per heavy atom. The van der Waals surface area contributed by atoms with Crippen molar-refractivity contribution in [3.63, 3.8) is 0 Å². The summed E-state index contributed by atoms with van der Waals surface area (Å²) in [6.07, 6.45) is 1.15. The van der Waals surface area contributed by atoms with Gasteiger partial charge in [-0.25, -0.2) is 4.98 Å². The van der Waals surface area contributed by atoms with Crippen molar-refractivity contribution in [1.82, 2.24) is 10.3 Å². The van der Waals surface area contributed by atoms with E-state index in [2.05, 4.69) is 61.6 Å². The Kier molecular flexibility index (Phi) is 5.15. The van der Waals surface area contributed by atoms with E-state index < -0.39 is 0 Å². The predicted octanol–water partition coefficient (Wildman–Crippen LogP) is 4.03. The van der Waals surface area contributed by atoms with Gasteiger partial charge < -0.3 is 10.2 Å². The number of aromatic nitrogens is 1.